The summed E-state index contributed by atoms with van der Waals surface area (Å²) in [6.07, 6.45) is 2.37. The van der Waals surface area contributed by atoms with Crippen LogP contribution in [0.5, 0.6) is 5.75 Å². The molecule has 4 rings (SSSR count). The Morgan fingerprint density at radius 2 is 1.81 bits per heavy atom. The van der Waals surface area contributed by atoms with Crippen LogP contribution in [0.1, 0.15) is 35.1 Å². The lowest BCUT2D eigenvalue weighted by Gasteiger charge is -2.22. The number of para-hydroxylation sites is 1. The van der Waals surface area contributed by atoms with Crippen LogP contribution in [0.25, 0.3) is 0 Å². The van der Waals surface area contributed by atoms with Crippen molar-refractivity contribution < 1.29 is 4.74 Å². The minimum absolute atomic E-state index is 0.481. The highest BCUT2D eigenvalue weighted by molar-refractivity contribution is 5.41. The molecule has 0 saturated carbocycles. The van der Waals surface area contributed by atoms with Crippen molar-refractivity contribution in [3.05, 3.63) is 65.2 Å². The minimum atomic E-state index is 0.481. The maximum absolute atomic E-state index is 5.85. The summed E-state index contributed by atoms with van der Waals surface area (Å²) in [6.45, 7) is 0.836. The molecule has 0 saturated heterocycles. The molecule has 0 aromatic heterocycles. The third-order valence-corrected chi connectivity index (χ3v) is 5.04. The molecule has 0 fully saturated rings. The Morgan fingerprint density at radius 1 is 1.05 bits per heavy atom. The van der Waals surface area contributed by atoms with Gasteiger partial charge in [-0.3, -0.25) is 0 Å². The van der Waals surface area contributed by atoms with E-state index >= 15 is 0 Å². The maximum Gasteiger partial charge on any atom is 0.122 e. The molecule has 1 aliphatic heterocycles. The molecule has 0 spiro atoms. The Balaban J connectivity index is 1.57. The molecule has 108 valence electrons. The van der Waals surface area contributed by atoms with Crippen molar-refractivity contribution in [2.75, 3.05) is 13.7 Å². The summed E-state index contributed by atoms with van der Waals surface area (Å²) in [7, 11) is 2.08. The smallest absolute Gasteiger partial charge is 0.122 e. The van der Waals surface area contributed by atoms with E-state index in [1.165, 1.54) is 29.5 Å². The highest BCUT2D eigenvalue weighted by atomic mass is 16.5. The largest absolute Gasteiger partial charge is 0.493 e. The number of rotatable bonds is 3. The summed E-state index contributed by atoms with van der Waals surface area (Å²) < 4.78 is 5.85. The maximum atomic E-state index is 5.85. The van der Waals surface area contributed by atoms with E-state index in [1.807, 2.05) is 0 Å². The van der Waals surface area contributed by atoms with Crippen molar-refractivity contribution in [1.82, 2.24) is 5.32 Å². The van der Waals surface area contributed by atoms with Crippen molar-refractivity contribution >= 4 is 0 Å². The molecule has 2 aromatic carbocycles. The van der Waals surface area contributed by atoms with Gasteiger partial charge >= 0.3 is 0 Å². The van der Waals surface area contributed by atoms with E-state index in [1.54, 1.807) is 0 Å². The molecule has 0 bridgehead atoms. The lowest BCUT2D eigenvalue weighted by atomic mass is 9.86. The lowest BCUT2D eigenvalue weighted by Crippen LogP contribution is -2.23. The van der Waals surface area contributed by atoms with E-state index in [2.05, 4.69) is 60.9 Å². The Morgan fingerprint density at radius 3 is 2.67 bits per heavy atom. The van der Waals surface area contributed by atoms with Crippen LogP contribution in [0, 0.1) is 5.92 Å². The second-order valence-corrected chi connectivity index (χ2v) is 6.21. The zero-order valence-corrected chi connectivity index (χ0v) is 12.4. The molecule has 21 heavy (non-hydrogen) atoms. The second-order valence-electron chi connectivity index (χ2n) is 6.21. The fraction of sp³-hybridized carbons (Fsp3) is 0.368. The Labute approximate surface area is 126 Å². The van der Waals surface area contributed by atoms with Gasteiger partial charge in [-0.2, -0.15) is 0 Å². The van der Waals surface area contributed by atoms with Gasteiger partial charge in [-0.1, -0.05) is 42.5 Å². The van der Waals surface area contributed by atoms with Gasteiger partial charge in [0, 0.05) is 17.5 Å². The number of fused-ring (bicyclic) bond motifs is 2. The van der Waals surface area contributed by atoms with Crippen LogP contribution in [0.3, 0.4) is 0 Å². The Hall–Kier alpha value is -1.80. The molecular weight excluding hydrogens is 258 g/mol. The third-order valence-electron chi connectivity index (χ3n) is 5.04. The average Bonchev–Trinajstić information content (AvgIpc) is 3.09. The van der Waals surface area contributed by atoms with E-state index in [4.69, 9.17) is 4.74 Å². The molecule has 0 radical (unpaired) electrons. The average molecular weight is 279 g/mol. The number of ether oxygens (including phenoxy) is 1. The van der Waals surface area contributed by atoms with Crippen molar-refractivity contribution in [2.45, 2.75) is 24.8 Å². The quantitative estimate of drug-likeness (QED) is 0.925. The first-order chi connectivity index (χ1) is 10.4. The van der Waals surface area contributed by atoms with Gasteiger partial charge in [0.15, 0.2) is 0 Å². The van der Waals surface area contributed by atoms with Gasteiger partial charge in [-0.25, -0.2) is 0 Å². The molecule has 0 amide bonds. The molecule has 2 heteroatoms. The molecule has 2 aromatic rings. The van der Waals surface area contributed by atoms with Crippen molar-refractivity contribution in [3.8, 4) is 5.75 Å². The molecule has 1 heterocycles. The molecule has 3 atom stereocenters. The lowest BCUT2D eigenvalue weighted by molar-refractivity contribution is 0.289. The zero-order valence-electron chi connectivity index (χ0n) is 12.4. The first-order valence-corrected chi connectivity index (χ1v) is 7.83. The topological polar surface area (TPSA) is 21.3 Å². The van der Waals surface area contributed by atoms with E-state index < -0.39 is 0 Å². The van der Waals surface area contributed by atoms with Crippen LogP contribution in [-0.4, -0.2) is 13.7 Å². The van der Waals surface area contributed by atoms with E-state index in [-0.39, 0.29) is 0 Å². The number of nitrogens with one attached hydrogen (secondary N) is 1. The molecule has 2 aliphatic rings. The first-order valence-electron chi connectivity index (χ1n) is 7.83. The van der Waals surface area contributed by atoms with Gasteiger partial charge in [-0.05, 0) is 43.0 Å². The summed E-state index contributed by atoms with van der Waals surface area (Å²) in [5.41, 5.74) is 4.38. The van der Waals surface area contributed by atoms with Crippen LogP contribution in [0.2, 0.25) is 0 Å². The Bertz CT molecular complexity index is 652. The van der Waals surface area contributed by atoms with E-state index in [9.17, 15) is 0 Å². The van der Waals surface area contributed by atoms with E-state index in [0.717, 1.165) is 12.4 Å². The van der Waals surface area contributed by atoms with Crippen LogP contribution in [0.4, 0.5) is 0 Å². The van der Waals surface area contributed by atoms with Gasteiger partial charge in [0.25, 0.3) is 0 Å². The van der Waals surface area contributed by atoms with Gasteiger partial charge in [-0.15, -0.1) is 0 Å². The van der Waals surface area contributed by atoms with Crippen LogP contribution in [-0.2, 0) is 6.42 Å². The molecular formula is C19H21NO. The van der Waals surface area contributed by atoms with E-state index in [0.29, 0.717) is 17.9 Å². The fourth-order valence-corrected chi connectivity index (χ4v) is 4.08. The summed E-state index contributed by atoms with van der Waals surface area (Å²) in [6, 6.07) is 17.8. The highest BCUT2D eigenvalue weighted by Gasteiger charge is 2.35. The third kappa shape index (κ3) is 2.14. The summed E-state index contributed by atoms with van der Waals surface area (Å²) in [5, 5.41) is 3.53. The minimum Gasteiger partial charge on any atom is -0.493 e. The predicted octanol–water partition coefficient (Wildman–Crippen LogP) is 3.69. The first kappa shape index (κ1) is 12.9. The van der Waals surface area contributed by atoms with Crippen molar-refractivity contribution in [3.63, 3.8) is 0 Å². The fourth-order valence-electron chi connectivity index (χ4n) is 4.08. The normalized spacial score (nSPS) is 26.2. The Kier molecular flexibility index (Phi) is 3.19. The highest BCUT2D eigenvalue weighted by Crippen LogP contribution is 2.44. The molecule has 1 aliphatic carbocycles. The zero-order chi connectivity index (χ0) is 14.2. The van der Waals surface area contributed by atoms with Gasteiger partial charge in [0.1, 0.15) is 5.75 Å². The van der Waals surface area contributed by atoms with Gasteiger partial charge < -0.3 is 10.1 Å². The number of hydrogen-bond donors (Lipinski definition) is 1. The summed E-state index contributed by atoms with van der Waals surface area (Å²) in [5.74, 6) is 2.28. The summed E-state index contributed by atoms with van der Waals surface area (Å²) >= 11 is 0. The molecule has 2 nitrogen and oxygen atoms in total. The van der Waals surface area contributed by atoms with Crippen molar-refractivity contribution in [1.29, 1.82) is 0 Å². The predicted molar refractivity (Wildman–Crippen MR) is 84.7 cm³/mol. The number of benzene rings is 2. The van der Waals surface area contributed by atoms with Crippen molar-refractivity contribution in [2.24, 2.45) is 5.92 Å². The molecule has 3 unspecified atom stereocenters. The standard InChI is InChI=1S/C19H21NO/c1-20-19-14(10-13-6-2-3-8-17(13)19)11-15-12-21-18-9-5-4-7-16(15)18/h2-9,14-15,19-20H,10-12H2,1H3. The number of hydrogen-bond acceptors (Lipinski definition) is 2. The van der Waals surface area contributed by atoms with Crippen LogP contribution in [0.15, 0.2) is 48.5 Å². The molecule has 1 N–H and O–H groups in total. The second kappa shape index (κ2) is 5.19. The SMILES string of the molecule is CNC1c2ccccc2CC1CC1COc2ccccc21. The van der Waals surface area contributed by atoms with Gasteiger partial charge in [0.2, 0.25) is 0 Å². The summed E-state index contributed by atoms with van der Waals surface area (Å²) in [4.78, 5) is 0. The van der Waals surface area contributed by atoms with Crippen LogP contribution >= 0.6 is 0 Å². The monoisotopic (exact) mass is 279 g/mol. The van der Waals surface area contributed by atoms with Gasteiger partial charge in [0.05, 0.1) is 6.61 Å². The van der Waals surface area contributed by atoms with Crippen LogP contribution < -0.4 is 10.1 Å².